The van der Waals surface area contributed by atoms with Crippen molar-refractivity contribution in [1.82, 2.24) is 4.90 Å². The average molecular weight is 362 g/mol. The van der Waals surface area contributed by atoms with Gasteiger partial charge in [0.2, 0.25) is 0 Å². The lowest BCUT2D eigenvalue weighted by atomic mass is 10.0. The van der Waals surface area contributed by atoms with E-state index in [1.807, 2.05) is 40.7 Å². The molecule has 6 heteroatoms. The van der Waals surface area contributed by atoms with Crippen LogP contribution < -0.4 is 5.01 Å². The molecule has 1 aliphatic rings. The summed E-state index contributed by atoms with van der Waals surface area (Å²) in [4.78, 5) is 15.5. The Hall–Kier alpha value is -1.85. The van der Waals surface area contributed by atoms with Gasteiger partial charge in [-0.25, -0.2) is 5.01 Å². The lowest BCUT2D eigenvalue weighted by Gasteiger charge is -2.40. The van der Waals surface area contributed by atoms with Crippen LogP contribution in [0, 0.1) is 0 Å². The van der Waals surface area contributed by atoms with E-state index in [0.717, 1.165) is 10.6 Å². The van der Waals surface area contributed by atoms with Gasteiger partial charge in [-0.15, -0.1) is 16.4 Å². The van der Waals surface area contributed by atoms with Crippen LogP contribution in [0.4, 0.5) is 5.69 Å². The molecule has 0 fully saturated rings. The monoisotopic (exact) mass is 361 g/mol. The third kappa shape index (κ3) is 3.06. The molecular weight excluding hydrogens is 342 g/mol. The topological polar surface area (TPSA) is 35.9 Å². The molecule has 0 bridgehead atoms. The van der Waals surface area contributed by atoms with Crippen molar-refractivity contribution in [2.75, 3.05) is 5.01 Å². The molecule has 3 rings (SSSR count). The van der Waals surface area contributed by atoms with Crippen LogP contribution in [0.5, 0.6) is 0 Å². The summed E-state index contributed by atoms with van der Waals surface area (Å²) >= 11 is 7.68. The molecule has 1 aromatic heterocycles. The molecule has 2 heterocycles. The molecular formula is C18H20ClN3OS. The normalized spacial score (nSPS) is 18.0. The molecule has 1 atom stereocenters. The van der Waals surface area contributed by atoms with E-state index in [1.165, 1.54) is 0 Å². The molecule has 0 saturated heterocycles. The SMILES string of the molecule is CC(=O)C1=NN(c2ccc(Cl)cc2)[C@H](c2cccs2)N1C(C)(C)C. The van der Waals surface area contributed by atoms with E-state index in [0.29, 0.717) is 10.9 Å². The van der Waals surface area contributed by atoms with Crippen LogP contribution in [0.2, 0.25) is 5.02 Å². The van der Waals surface area contributed by atoms with Gasteiger partial charge in [0.1, 0.15) is 0 Å². The summed E-state index contributed by atoms with van der Waals surface area (Å²) in [5.41, 5.74) is 0.656. The number of rotatable bonds is 3. The molecule has 1 aliphatic heterocycles. The third-order valence-corrected chi connectivity index (χ3v) is 5.00. The van der Waals surface area contributed by atoms with E-state index in [9.17, 15) is 4.79 Å². The van der Waals surface area contributed by atoms with Crippen molar-refractivity contribution in [3.8, 4) is 0 Å². The number of halogens is 1. The number of nitrogens with zero attached hydrogens (tertiary/aromatic N) is 3. The highest BCUT2D eigenvalue weighted by Gasteiger charge is 2.43. The Morgan fingerprint density at radius 1 is 1.21 bits per heavy atom. The fraction of sp³-hybridized carbons (Fsp3) is 0.333. The summed E-state index contributed by atoms with van der Waals surface area (Å²) in [6.07, 6.45) is -0.148. The second-order valence-electron chi connectivity index (χ2n) is 6.73. The number of hydrogen-bond acceptors (Lipinski definition) is 5. The number of Topliss-reactive ketones (excluding diaryl/α,β-unsaturated/α-hetero) is 1. The summed E-state index contributed by atoms with van der Waals surface area (Å²) in [5, 5.41) is 9.29. The van der Waals surface area contributed by atoms with Gasteiger partial charge in [0.15, 0.2) is 17.8 Å². The molecule has 0 unspecified atom stereocenters. The van der Waals surface area contributed by atoms with E-state index in [2.05, 4.69) is 36.8 Å². The van der Waals surface area contributed by atoms with Crippen LogP contribution in [-0.4, -0.2) is 22.1 Å². The zero-order valence-corrected chi connectivity index (χ0v) is 15.7. The van der Waals surface area contributed by atoms with Gasteiger partial charge in [-0.2, -0.15) is 0 Å². The van der Waals surface area contributed by atoms with Crippen molar-refractivity contribution < 1.29 is 4.79 Å². The van der Waals surface area contributed by atoms with Crippen molar-refractivity contribution >= 4 is 40.2 Å². The average Bonchev–Trinajstić information content (AvgIpc) is 3.14. The van der Waals surface area contributed by atoms with Gasteiger partial charge in [-0.3, -0.25) is 4.79 Å². The van der Waals surface area contributed by atoms with Gasteiger partial charge in [-0.1, -0.05) is 17.7 Å². The van der Waals surface area contributed by atoms with Crippen molar-refractivity contribution in [2.45, 2.75) is 39.4 Å². The molecule has 0 aliphatic carbocycles. The number of benzene rings is 1. The van der Waals surface area contributed by atoms with Crippen LogP contribution in [0.25, 0.3) is 0 Å². The zero-order chi connectivity index (χ0) is 17.5. The second-order valence-corrected chi connectivity index (χ2v) is 8.15. The zero-order valence-electron chi connectivity index (χ0n) is 14.2. The Balaban J connectivity index is 2.14. The highest BCUT2D eigenvalue weighted by Crippen LogP contribution is 2.41. The largest absolute Gasteiger partial charge is 0.321 e. The van der Waals surface area contributed by atoms with Crippen LogP contribution in [0.15, 0.2) is 46.9 Å². The number of hydrazone groups is 1. The third-order valence-electron chi connectivity index (χ3n) is 3.83. The summed E-state index contributed by atoms with van der Waals surface area (Å²) in [5.74, 6) is 0.443. The minimum absolute atomic E-state index is 0.0389. The van der Waals surface area contributed by atoms with Crippen molar-refractivity contribution in [3.05, 3.63) is 51.7 Å². The maximum absolute atomic E-state index is 12.2. The van der Waals surface area contributed by atoms with E-state index in [4.69, 9.17) is 11.6 Å². The summed E-state index contributed by atoms with van der Waals surface area (Å²) < 4.78 is 0. The Morgan fingerprint density at radius 2 is 1.88 bits per heavy atom. The Labute approximate surface area is 151 Å². The van der Waals surface area contributed by atoms with Crippen LogP contribution in [-0.2, 0) is 4.79 Å². The van der Waals surface area contributed by atoms with Gasteiger partial charge in [-0.05, 0) is 56.5 Å². The Morgan fingerprint density at radius 3 is 2.38 bits per heavy atom. The number of ketones is 1. The van der Waals surface area contributed by atoms with Gasteiger partial charge in [0, 0.05) is 22.4 Å². The van der Waals surface area contributed by atoms with Crippen LogP contribution in [0.3, 0.4) is 0 Å². The van der Waals surface area contributed by atoms with Gasteiger partial charge < -0.3 is 4.90 Å². The molecule has 0 radical (unpaired) electrons. The van der Waals surface area contributed by atoms with Crippen molar-refractivity contribution in [1.29, 1.82) is 0 Å². The fourth-order valence-electron chi connectivity index (χ4n) is 2.83. The number of carbonyl (C=O) groups is 1. The minimum Gasteiger partial charge on any atom is -0.321 e. The molecule has 2 aromatic rings. The first kappa shape index (κ1) is 17.0. The minimum atomic E-state index is -0.250. The predicted octanol–water partition coefficient (Wildman–Crippen LogP) is 4.92. The van der Waals surface area contributed by atoms with E-state index in [1.54, 1.807) is 18.3 Å². The molecule has 24 heavy (non-hydrogen) atoms. The van der Waals surface area contributed by atoms with E-state index >= 15 is 0 Å². The van der Waals surface area contributed by atoms with Gasteiger partial charge in [0.05, 0.1) is 5.69 Å². The van der Waals surface area contributed by atoms with Gasteiger partial charge >= 0.3 is 0 Å². The quantitative estimate of drug-likeness (QED) is 0.778. The molecule has 126 valence electrons. The first-order valence-electron chi connectivity index (χ1n) is 7.76. The van der Waals surface area contributed by atoms with Crippen LogP contribution >= 0.6 is 22.9 Å². The molecule has 0 spiro atoms. The highest BCUT2D eigenvalue weighted by atomic mass is 35.5. The second kappa shape index (κ2) is 6.22. The van der Waals surface area contributed by atoms with E-state index < -0.39 is 0 Å². The number of amidine groups is 1. The van der Waals surface area contributed by atoms with Crippen LogP contribution in [0.1, 0.15) is 38.7 Å². The fourth-order valence-corrected chi connectivity index (χ4v) is 3.76. The summed E-state index contributed by atoms with van der Waals surface area (Å²) in [7, 11) is 0. The maximum Gasteiger partial charge on any atom is 0.196 e. The highest BCUT2D eigenvalue weighted by molar-refractivity contribution is 7.10. The lowest BCUT2D eigenvalue weighted by molar-refractivity contribution is -0.112. The molecule has 1 aromatic carbocycles. The number of carbonyl (C=O) groups excluding carboxylic acids is 1. The van der Waals surface area contributed by atoms with E-state index in [-0.39, 0.29) is 17.5 Å². The van der Waals surface area contributed by atoms with Crippen molar-refractivity contribution in [2.24, 2.45) is 5.10 Å². The van der Waals surface area contributed by atoms with Gasteiger partial charge in [0.25, 0.3) is 0 Å². The Bertz CT molecular complexity index is 763. The maximum atomic E-state index is 12.2. The van der Waals surface area contributed by atoms with Crippen molar-refractivity contribution in [3.63, 3.8) is 0 Å². The molecule has 0 saturated carbocycles. The number of thiophene rings is 1. The first-order chi connectivity index (χ1) is 11.3. The first-order valence-corrected chi connectivity index (χ1v) is 9.02. The summed E-state index contributed by atoms with van der Waals surface area (Å²) in [6.45, 7) is 7.85. The molecule has 0 amide bonds. The Kier molecular flexibility index (Phi) is 4.40. The number of hydrogen-bond donors (Lipinski definition) is 0. The smallest absolute Gasteiger partial charge is 0.196 e. The molecule has 0 N–H and O–H groups in total. The standard InChI is InChI=1S/C18H20ClN3OS/c1-12(23)16-20-22(14-9-7-13(19)8-10-14)17(15-6-5-11-24-15)21(16)18(2,3)4/h5-11,17H,1-4H3/t17-/m1/s1. The number of anilines is 1. The lowest BCUT2D eigenvalue weighted by Crippen LogP contribution is -2.48. The summed E-state index contributed by atoms with van der Waals surface area (Å²) in [6, 6.07) is 11.6. The molecule has 4 nitrogen and oxygen atoms in total. The predicted molar refractivity (Wildman–Crippen MR) is 101 cm³/mol.